The van der Waals surface area contributed by atoms with Crippen LogP contribution in [-0.2, 0) is 5.54 Å². The maximum absolute atomic E-state index is 10.1. The summed E-state index contributed by atoms with van der Waals surface area (Å²) in [6.45, 7) is 0. The molecule has 37 heavy (non-hydrogen) atoms. The number of hydrogen-bond acceptors (Lipinski definition) is 6. The van der Waals surface area contributed by atoms with Gasteiger partial charge >= 0.3 is 0 Å². The second kappa shape index (κ2) is 8.92. The van der Waals surface area contributed by atoms with Crippen molar-refractivity contribution in [2.24, 2.45) is 5.73 Å². The van der Waals surface area contributed by atoms with Gasteiger partial charge in [-0.1, -0.05) is 54.6 Å². The first-order valence-electron chi connectivity index (χ1n) is 13.8. The molecule has 7 rings (SSSR count). The smallest absolute Gasteiger partial charge is 0.254 e. The van der Waals surface area contributed by atoms with Crippen molar-refractivity contribution >= 4 is 11.6 Å². The lowest BCUT2D eigenvalue weighted by Crippen LogP contribution is -2.43. The van der Waals surface area contributed by atoms with Gasteiger partial charge in [0.1, 0.15) is 5.82 Å². The monoisotopic (exact) mass is 494 g/mol. The first-order chi connectivity index (χ1) is 18.1. The molecule has 190 valence electrons. The Balaban J connectivity index is 1.40. The van der Waals surface area contributed by atoms with E-state index in [0.29, 0.717) is 11.7 Å². The van der Waals surface area contributed by atoms with E-state index >= 15 is 0 Å². The average molecular weight is 495 g/mol. The van der Waals surface area contributed by atoms with Crippen molar-refractivity contribution in [2.45, 2.75) is 81.4 Å². The molecule has 7 heteroatoms. The predicted octanol–water partition coefficient (Wildman–Crippen LogP) is 5.39. The molecule has 2 aromatic carbocycles. The molecule has 0 radical (unpaired) electrons. The van der Waals surface area contributed by atoms with E-state index in [-0.39, 0.29) is 17.7 Å². The van der Waals surface area contributed by atoms with Gasteiger partial charge in [-0.15, -0.1) is 5.10 Å². The highest BCUT2D eigenvalue weighted by atomic mass is 16.3. The van der Waals surface area contributed by atoms with Crippen molar-refractivity contribution < 1.29 is 5.11 Å². The fraction of sp³-hybridized carbons (Fsp3) is 0.433. The molecule has 3 saturated carbocycles. The molecule has 0 bridgehead atoms. The number of aliphatic hydroxyl groups is 1. The molecule has 4 aromatic rings. The zero-order valence-corrected chi connectivity index (χ0v) is 21.1. The predicted molar refractivity (Wildman–Crippen MR) is 145 cm³/mol. The van der Waals surface area contributed by atoms with Crippen molar-refractivity contribution in [3.63, 3.8) is 0 Å². The van der Waals surface area contributed by atoms with E-state index in [1.807, 2.05) is 10.6 Å². The van der Waals surface area contributed by atoms with Crippen LogP contribution in [0.1, 0.15) is 75.1 Å². The van der Waals surface area contributed by atoms with Crippen LogP contribution >= 0.6 is 0 Å². The molecule has 4 N–H and O–H groups in total. The van der Waals surface area contributed by atoms with Gasteiger partial charge in [0.25, 0.3) is 5.78 Å². The van der Waals surface area contributed by atoms with Crippen LogP contribution in [-0.4, -0.2) is 36.8 Å². The zero-order valence-electron chi connectivity index (χ0n) is 21.1. The summed E-state index contributed by atoms with van der Waals surface area (Å²) in [7, 11) is 0. The van der Waals surface area contributed by atoms with E-state index in [9.17, 15) is 5.11 Å². The number of rotatable bonds is 6. The van der Waals surface area contributed by atoms with Crippen molar-refractivity contribution in [1.82, 2.24) is 19.6 Å². The minimum atomic E-state index is -0.201. The van der Waals surface area contributed by atoms with E-state index in [4.69, 9.17) is 20.8 Å². The van der Waals surface area contributed by atoms with Gasteiger partial charge in [0, 0.05) is 23.1 Å². The molecule has 2 heterocycles. The van der Waals surface area contributed by atoms with Crippen LogP contribution in [0.2, 0.25) is 0 Å². The van der Waals surface area contributed by atoms with Crippen LogP contribution in [0.15, 0.2) is 54.6 Å². The molecule has 0 atom stereocenters. The topological polar surface area (TPSA) is 101 Å². The van der Waals surface area contributed by atoms with E-state index < -0.39 is 0 Å². The molecule has 0 aliphatic heterocycles. The maximum atomic E-state index is 10.1. The van der Waals surface area contributed by atoms with Gasteiger partial charge in [0.15, 0.2) is 5.82 Å². The van der Waals surface area contributed by atoms with E-state index in [1.165, 1.54) is 12.0 Å². The SMILES string of the molecule is NC1(c2ccc(-c3nc4nc(C5CC5)nn4c(N[C@H]4CC[C@H](O)CC4)c3-c3ccccc3)cc2)CCC1. The summed E-state index contributed by atoms with van der Waals surface area (Å²) in [4.78, 5) is 10.0. The van der Waals surface area contributed by atoms with E-state index in [2.05, 4.69) is 53.8 Å². The maximum Gasteiger partial charge on any atom is 0.254 e. The Morgan fingerprint density at radius 3 is 2.24 bits per heavy atom. The van der Waals surface area contributed by atoms with Gasteiger partial charge in [-0.05, 0) is 68.9 Å². The number of nitrogens with two attached hydrogens (primary N) is 1. The lowest BCUT2D eigenvalue weighted by molar-refractivity contribution is 0.126. The minimum absolute atomic E-state index is 0.192. The fourth-order valence-electron chi connectivity index (χ4n) is 5.87. The number of nitrogens with zero attached hydrogens (tertiary/aromatic N) is 4. The molecule has 0 amide bonds. The van der Waals surface area contributed by atoms with Gasteiger partial charge in [0.2, 0.25) is 0 Å². The Bertz CT molecular complexity index is 1410. The molecule has 0 saturated heterocycles. The molecule has 7 nitrogen and oxygen atoms in total. The Morgan fingerprint density at radius 1 is 0.865 bits per heavy atom. The Labute approximate surface area is 217 Å². The standard InChI is InChI=1S/C30H34N6O/c31-30(17-4-18-30)22-11-9-20(10-12-22)26-25(19-5-2-1-3-6-19)28(32-23-13-15-24(37)16-14-23)36-29(33-26)34-27(35-36)21-7-8-21/h1-3,5-6,9-12,21,23-24,32,37H,4,7-8,13-18,31H2/t23-,24-. The third-order valence-electron chi connectivity index (χ3n) is 8.53. The highest BCUT2D eigenvalue weighted by Crippen LogP contribution is 2.43. The lowest BCUT2D eigenvalue weighted by atomic mass is 9.72. The lowest BCUT2D eigenvalue weighted by Gasteiger charge is -2.38. The van der Waals surface area contributed by atoms with Gasteiger partial charge in [-0.25, -0.2) is 4.98 Å². The summed E-state index contributed by atoms with van der Waals surface area (Å²) in [5.74, 6) is 2.89. The first kappa shape index (κ1) is 22.9. The second-order valence-electron chi connectivity index (χ2n) is 11.2. The fourth-order valence-corrected chi connectivity index (χ4v) is 5.87. The normalized spacial score (nSPS) is 23.1. The summed E-state index contributed by atoms with van der Waals surface area (Å²) in [6, 6.07) is 19.4. The Morgan fingerprint density at radius 2 is 1.59 bits per heavy atom. The van der Waals surface area contributed by atoms with Crippen LogP contribution in [0.3, 0.4) is 0 Å². The van der Waals surface area contributed by atoms with Gasteiger partial charge in [0.05, 0.1) is 17.4 Å². The number of fused-ring (bicyclic) bond motifs is 1. The zero-order chi connectivity index (χ0) is 25.0. The minimum Gasteiger partial charge on any atom is -0.393 e. The van der Waals surface area contributed by atoms with Crippen LogP contribution in [0.4, 0.5) is 5.82 Å². The molecule has 3 aliphatic carbocycles. The quantitative estimate of drug-likeness (QED) is 0.332. The largest absolute Gasteiger partial charge is 0.393 e. The molecule has 3 aliphatic rings. The van der Waals surface area contributed by atoms with Crippen LogP contribution in [0.25, 0.3) is 28.2 Å². The van der Waals surface area contributed by atoms with E-state index in [0.717, 1.165) is 85.4 Å². The van der Waals surface area contributed by atoms with Crippen molar-refractivity contribution in [1.29, 1.82) is 0 Å². The third kappa shape index (κ3) is 4.20. The molecular formula is C30H34N6O. The number of nitrogens with one attached hydrogen (secondary N) is 1. The highest BCUT2D eigenvalue weighted by molar-refractivity contribution is 5.89. The van der Waals surface area contributed by atoms with Crippen LogP contribution < -0.4 is 11.1 Å². The van der Waals surface area contributed by atoms with E-state index in [1.54, 1.807) is 0 Å². The van der Waals surface area contributed by atoms with Crippen LogP contribution in [0.5, 0.6) is 0 Å². The number of anilines is 1. The Kier molecular flexibility index (Phi) is 5.52. The number of aromatic nitrogens is 4. The number of benzene rings is 2. The molecular weight excluding hydrogens is 460 g/mol. The summed E-state index contributed by atoms with van der Waals surface area (Å²) in [5, 5.41) is 18.9. The van der Waals surface area contributed by atoms with Gasteiger partial charge < -0.3 is 16.2 Å². The van der Waals surface area contributed by atoms with Crippen molar-refractivity contribution in [3.8, 4) is 22.4 Å². The van der Waals surface area contributed by atoms with Gasteiger partial charge in [-0.3, -0.25) is 0 Å². The third-order valence-corrected chi connectivity index (χ3v) is 8.53. The highest BCUT2D eigenvalue weighted by Gasteiger charge is 2.34. The molecule has 2 aromatic heterocycles. The summed E-state index contributed by atoms with van der Waals surface area (Å²) >= 11 is 0. The number of aliphatic hydroxyl groups excluding tert-OH is 1. The van der Waals surface area contributed by atoms with Gasteiger partial charge in [-0.2, -0.15) is 9.50 Å². The second-order valence-corrected chi connectivity index (χ2v) is 11.2. The molecule has 3 fully saturated rings. The van der Waals surface area contributed by atoms with Crippen molar-refractivity contribution in [2.75, 3.05) is 5.32 Å². The molecule has 0 unspecified atom stereocenters. The first-order valence-corrected chi connectivity index (χ1v) is 13.8. The molecule has 0 spiro atoms. The number of hydrogen-bond donors (Lipinski definition) is 3. The summed E-state index contributed by atoms with van der Waals surface area (Å²) in [5.41, 5.74) is 11.7. The summed E-state index contributed by atoms with van der Waals surface area (Å²) < 4.78 is 1.92. The average Bonchev–Trinajstić information content (AvgIpc) is 3.68. The Hall–Kier alpha value is -3.29. The van der Waals surface area contributed by atoms with Crippen molar-refractivity contribution in [3.05, 3.63) is 66.0 Å². The van der Waals surface area contributed by atoms with Crippen LogP contribution in [0, 0.1) is 0 Å². The summed E-state index contributed by atoms with van der Waals surface area (Å²) in [6.07, 6.45) is 8.82.